The second-order valence-corrected chi connectivity index (χ2v) is 9.98. The van der Waals surface area contributed by atoms with Crippen LogP contribution in [0.5, 0.6) is 0 Å². The number of hydrogen-bond donors (Lipinski definition) is 0. The maximum absolute atomic E-state index is 14.0. The van der Waals surface area contributed by atoms with Gasteiger partial charge in [0.15, 0.2) is 5.65 Å². The molecule has 1 saturated heterocycles. The topological polar surface area (TPSA) is 72.1 Å². The monoisotopic (exact) mass is 547 g/mol. The molecule has 8 nitrogen and oxygen atoms in total. The Bertz CT molecular complexity index is 1460. The molecule has 0 radical (unpaired) electrons. The van der Waals surface area contributed by atoms with E-state index in [-0.39, 0.29) is 29.0 Å². The normalized spacial score (nSPS) is 14.7. The second-order valence-electron chi connectivity index (χ2n) is 9.13. The number of pyridine rings is 1. The van der Waals surface area contributed by atoms with Crippen molar-refractivity contribution < 1.29 is 13.6 Å². The zero-order chi connectivity index (χ0) is 26.3. The summed E-state index contributed by atoms with van der Waals surface area (Å²) in [4.78, 5) is 21.8. The van der Waals surface area contributed by atoms with Crippen LogP contribution in [-0.4, -0.2) is 66.4 Å². The van der Waals surface area contributed by atoms with Gasteiger partial charge in [0.25, 0.3) is 6.43 Å². The third-order valence-electron chi connectivity index (χ3n) is 6.56. The van der Waals surface area contributed by atoms with Crippen molar-refractivity contribution in [3.8, 4) is 11.3 Å². The molecule has 1 aliphatic rings. The van der Waals surface area contributed by atoms with Gasteiger partial charge in [0.05, 0.1) is 23.0 Å². The molecule has 12 heteroatoms. The van der Waals surface area contributed by atoms with E-state index in [4.69, 9.17) is 23.2 Å². The van der Waals surface area contributed by atoms with Crippen LogP contribution in [-0.2, 0) is 24.9 Å². The number of alkyl halides is 2. The van der Waals surface area contributed by atoms with Crippen molar-refractivity contribution in [3.05, 3.63) is 63.5 Å². The maximum atomic E-state index is 14.0. The van der Waals surface area contributed by atoms with E-state index in [1.807, 2.05) is 12.1 Å². The molecule has 5 rings (SSSR count). The Hall–Kier alpha value is -3.08. The van der Waals surface area contributed by atoms with Gasteiger partial charge in [-0.05, 0) is 30.7 Å². The summed E-state index contributed by atoms with van der Waals surface area (Å²) in [6.45, 7) is 4.68. The van der Waals surface area contributed by atoms with Crippen LogP contribution in [0.25, 0.3) is 22.3 Å². The Morgan fingerprint density at radius 1 is 1.14 bits per heavy atom. The van der Waals surface area contributed by atoms with Crippen LogP contribution in [0.1, 0.15) is 23.2 Å². The lowest BCUT2D eigenvalue weighted by Gasteiger charge is -2.35. The number of carbonyl (C=O) groups excluding carboxylic acids is 1. The summed E-state index contributed by atoms with van der Waals surface area (Å²) in [5.41, 5.74) is 2.47. The summed E-state index contributed by atoms with van der Waals surface area (Å²) >= 11 is 12.3. The van der Waals surface area contributed by atoms with Crippen LogP contribution in [0.2, 0.25) is 10.0 Å². The number of hydrogen-bond acceptors (Lipinski definition) is 5. The molecular formula is C25H25Cl2F2N7O. The molecule has 1 aromatic carbocycles. The van der Waals surface area contributed by atoms with Crippen molar-refractivity contribution in [2.45, 2.75) is 26.4 Å². The predicted octanol–water partition coefficient (Wildman–Crippen LogP) is 4.73. The van der Waals surface area contributed by atoms with E-state index in [0.717, 1.165) is 5.56 Å². The van der Waals surface area contributed by atoms with Gasteiger partial charge in [0.2, 0.25) is 5.91 Å². The molecule has 194 valence electrons. The highest BCUT2D eigenvalue weighted by Gasteiger charge is 2.25. The molecule has 4 aromatic rings. The van der Waals surface area contributed by atoms with E-state index in [1.165, 1.54) is 10.7 Å². The number of amides is 1. The van der Waals surface area contributed by atoms with E-state index in [9.17, 15) is 13.6 Å². The first-order chi connectivity index (χ1) is 17.7. The Balaban J connectivity index is 1.33. The van der Waals surface area contributed by atoms with Crippen molar-refractivity contribution in [1.82, 2.24) is 34.3 Å². The molecule has 0 saturated carbocycles. The van der Waals surface area contributed by atoms with E-state index < -0.39 is 6.43 Å². The van der Waals surface area contributed by atoms with Gasteiger partial charge >= 0.3 is 0 Å². The van der Waals surface area contributed by atoms with Crippen LogP contribution in [0, 0.1) is 6.92 Å². The fourth-order valence-corrected chi connectivity index (χ4v) is 5.11. The number of benzene rings is 1. The molecule has 3 aromatic heterocycles. The maximum Gasteiger partial charge on any atom is 0.264 e. The Labute approximate surface area is 222 Å². The van der Waals surface area contributed by atoms with Crippen molar-refractivity contribution >= 4 is 40.1 Å². The highest BCUT2D eigenvalue weighted by molar-refractivity contribution is 6.35. The minimum Gasteiger partial charge on any atom is -0.339 e. The highest BCUT2D eigenvalue weighted by atomic mass is 35.5. The van der Waals surface area contributed by atoms with Gasteiger partial charge in [0, 0.05) is 67.1 Å². The van der Waals surface area contributed by atoms with Crippen molar-refractivity contribution in [2.24, 2.45) is 7.05 Å². The van der Waals surface area contributed by atoms with Gasteiger partial charge in [-0.2, -0.15) is 10.2 Å². The van der Waals surface area contributed by atoms with Gasteiger partial charge < -0.3 is 4.90 Å². The lowest BCUT2D eigenvalue weighted by Crippen LogP contribution is -2.49. The number of fused-ring (bicyclic) bond motifs is 1. The fraction of sp³-hybridized carbons (Fsp3) is 0.360. The van der Waals surface area contributed by atoms with E-state index in [1.54, 1.807) is 42.0 Å². The standard InChI is InChI=1S/C25H25Cl2F2N7O/c1-15-23-19(24(28)29)10-21(17-11-30-33(2)12-17)31-25(23)36(32-15)14-22(37)35-7-5-34(6-8-35)13-16-3-4-18(26)9-20(16)27/h3-4,9-12,24H,5-8,13-14H2,1-2H3. The van der Waals surface area contributed by atoms with E-state index >= 15 is 0 Å². The highest BCUT2D eigenvalue weighted by Crippen LogP contribution is 2.33. The van der Waals surface area contributed by atoms with Gasteiger partial charge in [-0.25, -0.2) is 18.4 Å². The summed E-state index contributed by atoms with van der Waals surface area (Å²) in [6.07, 6.45) is 0.563. The minimum absolute atomic E-state index is 0.0838. The number of halogens is 4. The fourth-order valence-electron chi connectivity index (χ4n) is 4.64. The van der Waals surface area contributed by atoms with Crippen molar-refractivity contribution in [1.29, 1.82) is 0 Å². The minimum atomic E-state index is -2.71. The Kier molecular flexibility index (Phi) is 7.15. The molecule has 4 heterocycles. The van der Waals surface area contributed by atoms with Crippen LogP contribution in [0.3, 0.4) is 0 Å². The summed E-state index contributed by atoms with van der Waals surface area (Å²) in [5, 5.41) is 10.0. The first kappa shape index (κ1) is 25.6. The molecule has 0 unspecified atom stereocenters. The SMILES string of the molecule is Cc1nn(CC(=O)N2CCN(Cc3ccc(Cl)cc3Cl)CC2)c2nc(-c3cnn(C)c3)cc(C(F)F)c12. The molecular weight excluding hydrogens is 523 g/mol. The van der Waals surface area contributed by atoms with Gasteiger partial charge in [-0.3, -0.25) is 14.4 Å². The molecule has 1 aliphatic heterocycles. The first-order valence-electron chi connectivity index (χ1n) is 11.8. The number of nitrogens with zero attached hydrogens (tertiary/aromatic N) is 7. The largest absolute Gasteiger partial charge is 0.339 e. The Morgan fingerprint density at radius 3 is 2.54 bits per heavy atom. The smallest absolute Gasteiger partial charge is 0.264 e. The summed E-state index contributed by atoms with van der Waals surface area (Å²) in [7, 11) is 1.74. The Morgan fingerprint density at radius 2 is 1.89 bits per heavy atom. The van der Waals surface area contributed by atoms with Gasteiger partial charge in [-0.15, -0.1) is 0 Å². The predicted molar refractivity (Wildman–Crippen MR) is 138 cm³/mol. The molecule has 1 amide bonds. The van der Waals surface area contributed by atoms with Crippen LogP contribution >= 0.6 is 23.2 Å². The van der Waals surface area contributed by atoms with Crippen LogP contribution in [0.15, 0.2) is 36.7 Å². The molecule has 0 bridgehead atoms. The van der Waals surface area contributed by atoms with Crippen LogP contribution in [0.4, 0.5) is 8.78 Å². The van der Waals surface area contributed by atoms with Crippen molar-refractivity contribution in [3.63, 3.8) is 0 Å². The number of piperazine rings is 1. The lowest BCUT2D eigenvalue weighted by molar-refractivity contribution is -0.133. The average molecular weight is 548 g/mol. The number of rotatable bonds is 6. The second kappa shape index (κ2) is 10.4. The zero-order valence-electron chi connectivity index (χ0n) is 20.3. The summed E-state index contributed by atoms with van der Waals surface area (Å²) < 4.78 is 31.0. The number of aryl methyl sites for hydroxylation is 2. The summed E-state index contributed by atoms with van der Waals surface area (Å²) in [5.74, 6) is -0.138. The molecule has 0 spiro atoms. The third kappa shape index (κ3) is 5.32. The average Bonchev–Trinajstić information content (AvgIpc) is 3.43. The molecule has 1 fully saturated rings. The van der Waals surface area contributed by atoms with Gasteiger partial charge in [0.1, 0.15) is 6.54 Å². The van der Waals surface area contributed by atoms with Gasteiger partial charge in [-0.1, -0.05) is 29.3 Å². The zero-order valence-corrected chi connectivity index (χ0v) is 21.8. The number of aromatic nitrogens is 5. The molecule has 0 aliphatic carbocycles. The van der Waals surface area contributed by atoms with E-state index in [2.05, 4.69) is 20.1 Å². The molecule has 37 heavy (non-hydrogen) atoms. The third-order valence-corrected chi connectivity index (χ3v) is 7.15. The summed E-state index contributed by atoms with van der Waals surface area (Å²) in [6, 6.07) is 6.82. The molecule has 0 atom stereocenters. The van der Waals surface area contributed by atoms with E-state index in [0.29, 0.717) is 59.7 Å². The lowest BCUT2D eigenvalue weighted by atomic mass is 10.1. The quantitative estimate of drug-likeness (QED) is 0.349. The van der Waals surface area contributed by atoms with Crippen LogP contribution < -0.4 is 0 Å². The number of carbonyl (C=O) groups is 1. The first-order valence-corrected chi connectivity index (χ1v) is 12.5. The van der Waals surface area contributed by atoms with Crippen molar-refractivity contribution in [2.75, 3.05) is 26.2 Å². The molecule has 0 N–H and O–H groups in total.